The van der Waals surface area contributed by atoms with Gasteiger partial charge in [-0.25, -0.2) is 18.4 Å². The molecule has 4 rings (SSSR count). The second-order valence-electron chi connectivity index (χ2n) is 6.18. The van der Waals surface area contributed by atoms with Crippen LogP contribution >= 0.6 is 11.6 Å². The lowest BCUT2D eigenvalue weighted by Gasteiger charge is -2.44. The van der Waals surface area contributed by atoms with Crippen LogP contribution in [0.1, 0.15) is 5.82 Å². The highest BCUT2D eigenvalue weighted by molar-refractivity contribution is 7.88. The van der Waals surface area contributed by atoms with Gasteiger partial charge in [0.1, 0.15) is 23.3 Å². The Balaban J connectivity index is 1.75. The van der Waals surface area contributed by atoms with Crippen molar-refractivity contribution in [3.05, 3.63) is 23.1 Å². The van der Waals surface area contributed by atoms with E-state index in [1.807, 2.05) is 12.1 Å². The highest BCUT2D eigenvalue weighted by Crippen LogP contribution is 2.39. The molecule has 1 saturated heterocycles. The Morgan fingerprint density at radius 3 is 2.83 bits per heavy atom. The van der Waals surface area contributed by atoms with Gasteiger partial charge in [0.15, 0.2) is 0 Å². The quantitative estimate of drug-likeness (QED) is 0.709. The molecule has 24 heavy (non-hydrogen) atoms. The number of ether oxygens (including phenoxy) is 1. The molecule has 2 aliphatic heterocycles. The molecule has 2 aromatic rings. The third-order valence-corrected chi connectivity index (χ3v) is 6.05. The molecule has 0 N–H and O–H groups in total. The van der Waals surface area contributed by atoms with Gasteiger partial charge in [0, 0.05) is 31.1 Å². The first-order valence-corrected chi connectivity index (χ1v) is 9.88. The van der Waals surface area contributed by atoms with E-state index in [2.05, 4.69) is 14.9 Å². The lowest BCUT2D eigenvalue weighted by atomic mass is 10.1. The summed E-state index contributed by atoms with van der Waals surface area (Å²) in [4.78, 5) is 10.8. The molecule has 0 spiro atoms. The van der Waals surface area contributed by atoms with Crippen LogP contribution in [0.2, 0.25) is 5.15 Å². The van der Waals surface area contributed by atoms with E-state index < -0.39 is 10.0 Å². The van der Waals surface area contributed by atoms with Crippen molar-refractivity contribution in [2.24, 2.45) is 0 Å². The van der Waals surface area contributed by atoms with Crippen LogP contribution < -0.4 is 9.64 Å². The Kier molecular flexibility index (Phi) is 3.59. The van der Waals surface area contributed by atoms with Crippen LogP contribution in [0.25, 0.3) is 10.9 Å². The number of hydrogen-bond acceptors (Lipinski definition) is 6. The second-order valence-corrected chi connectivity index (χ2v) is 8.52. The zero-order valence-corrected chi connectivity index (χ0v) is 14.9. The number of fused-ring (bicyclic) bond motifs is 4. The average Bonchev–Trinajstić information content (AvgIpc) is 2.51. The molecule has 0 bridgehead atoms. The fourth-order valence-corrected chi connectivity index (χ4v) is 4.46. The Morgan fingerprint density at radius 1 is 1.29 bits per heavy atom. The largest absolute Gasteiger partial charge is 0.489 e. The van der Waals surface area contributed by atoms with E-state index in [1.54, 1.807) is 6.92 Å². The van der Waals surface area contributed by atoms with Gasteiger partial charge in [0.05, 0.1) is 23.5 Å². The van der Waals surface area contributed by atoms with Gasteiger partial charge in [-0.05, 0) is 13.0 Å². The molecule has 1 fully saturated rings. The Bertz CT molecular complexity index is 934. The van der Waals surface area contributed by atoms with Gasteiger partial charge < -0.3 is 9.64 Å². The van der Waals surface area contributed by atoms with Gasteiger partial charge >= 0.3 is 0 Å². The van der Waals surface area contributed by atoms with Crippen molar-refractivity contribution in [3.63, 3.8) is 0 Å². The van der Waals surface area contributed by atoms with E-state index in [0.717, 1.165) is 22.3 Å². The number of aromatic nitrogens is 2. The summed E-state index contributed by atoms with van der Waals surface area (Å²) in [5.41, 5.74) is 1.67. The van der Waals surface area contributed by atoms with Crippen LogP contribution in [0.4, 0.5) is 5.69 Å². The van der Waals surface area contributed by atoms with Crippen LogP contribution in [0, 0.1) is 6.92 Å². The highest BCUT2D eigenvalue weighted by atomic mass is 35.5. The van der Waals surface area contributed by atoms with Crippen LogP contribution in [-0.2, 0) is 10.0 Å². The molecule has 7 nitrogen and oxygen atoms in total. The number of halogens is 1. The molecular formula is C15H17ClN4O3S. The van der Waals surface area contributed by atoms with Crippen molar-refractivity contribution in [3.8, 4) is 5.75 Å². The number of hydrogen-bond donors (Lipinski definition) is 0. The number of anilines is 1. The third-order valence-electron chi connectivity index (χ3n) is 4.50. The van der Waals surface area contributed by atoms with Crippen LogP contribution in [0.3, 0.4) is 0 Å². The van der Waals surface area contributed by atoms with Gasteiger partial charge in [-0.2, -0.15) is 4.31 Å². The van der Waals surface area contributed by atoms with E-state index in [4.69, 9.17) is 16.3 Å². The van der Waals surface area contributed by atoms with E-state index in [0.29, 0.717) is 37.2 Å². The van der Waals surface area contributed by atoms with Gasteiger partial charge in [-0.1, -0.05) is 11.6 Å². The van der Waals surface area contributed by atoms with Crippen LogP contribution in [-0.4, -0.2) is 61.2 Å². The SMILES string of the molecule is Cc1nc(Cl)c2cc3c(cc2n1)OCC1CN(S(C)(=O)=O)CCN31. The molecule has 1 atom stereocenters. The Labute approximate surface area is 145 Å². The average molecular weight is 369 g/mol. The van der Waals surface area contributed by atoms with E-state index in [1.165, 1.54) is 10.6 Å². The van der Waals surface area contributed by atoms with Crippen molar-refractivity contribution in [2.75, 3.05) is 37.4 Å². The number of benzene rings is 1. The van der Waals surface area contributed by atoms with Crippen molar-refractivity contribution in [1.82, 2.24) is 14.3 Å². The monoisotopic (exact) mass is 368 g/mol. The summed E-state index contributed by atoms with van der Waals surface area (Å²) in [5, 5.41) is 1.19. The summed E-state index contributed by atoms with van der Waals surface area (Å²) in [5.74, 6) is 1.36. The standard InChI is InChI=1S/C15H17ClN4O3S/c1-9-17-12-6-14-13(5-11(12)15(16)18-9)20-4-3-19(24(2,21)22)7-10(20)8-23-14/h5-6,10H,3-4,7-8H2,1-2H3. The molecular weight excluding hydrogens is 352 g/mol. The zero-order valence-electron chi connectivity index (χ0n) is 13.4. The fourth-order valence-electron chi connectivity index (χ4n) is 3.33. The molecule has 9 heteroatoms. The predicted molar refractivity (Wildman–Crippen MR) is 92.3 cm³/mol. The van der Waals surface area contributed by atoms with Gasteiger partial charge in [0.25, 0.3) is 0 Å². The number of piperazine rings is 1. The molecule has 1 unspecified atom stereocenters. The number of nitrogens with zero attached hydrogens (tertiary/aromatic N) is 4. The smallest absolute Gasteiger partial charge is 0.211 e. The van der Waals surface area contributed by atoms with Crippen molar-refractivity contribution >= 4 is 38.2 Å². The minimum atomic E-state index is -3.19. The normalized spacial score (nSPS) is 21.3. The lowest BCUT2D eigenvalue weighted by Crippen LogP contribution is -2.58. The van der Waals surface area contributed by atoms with Gasteiger partial charge in [-0.15, -0.1) is 0 Å². The van der Waals surface area contributed by atoms with Gasteiger partial charge in [-0.3, -0.25) is 0 Å². The minimum absolute atomic E-state index is 0.0106. The molecule has 0 amide bonds. The molecule has 1 aromatic carbocycles. The summed E-state index contributed by atoms with van der Waals surface area (Å²) < 4.78 is 31.0. The van der Waals surface area contributed by atoms with E-state index in [9.17, 15) is 8.42 Å². The first-order valence-electron chi connectivity index (χ1n) is 7.65. The van der Waals surface area contributed by atoms with Crippen LogP contribution in [0.5, 0.6) is 5.75 Å². The molecule has 1 aromatic heterocycles. The Hall–Kier alpha value is -1.64. The number of sulfonamides is 1. The molecule has 0 radical (unpaired) electrons. The van der Waals surface area contributed by atoms with Crippen molar-refractivity contribution in [1.29, 1.82) is 0 Å². The topological polar surface area (TPSA) is 75.6 Å². The lowest BCUT2D eigenvalue weighted by molar-refractivity contribution is 0.216. The van der Waals surface area contributed by atoms with Gasteiger partial charge in [0.2, 0.25) is 10.0 Å². The second kappa shape index (κ2) is 5.44. The first kappa shape index (κ1) is 15.9. The highest BCUT2D eigenvalue weighted by Gasteiger charge is 2.36. The van der Waals surface area contributed by atoms with E-state index in [-0.39, 0.29) is 6.04 Å². The summed E-state index contributed by atoms with van der Waals surface area (Å²) in [6.07, 6.45) is 1.24. The van der Waals surface area contributed by atoms with E-state index >= 15 is 0 Å². The van der Waals surface area contributed by atoms with Crippen molar-refractivity contribution < 1.29 is 13.2 Å². The fraction of sp³-hybridized carbons (Fsp3) is 0.467. The summed E-state index contributed by atoms with van der Waals surface area (Å²) in [6.45, 7) is 3.75. The van der Waals surface area contributed by atoms with Crippen molar-refractivity contribution in [2.45, 2.75) is 13.0 Å². The molecule has 3 heterocycles. The minimum Gasteiger partial charge on any atom is -0.489 e. The Morgan fingerprint density at radius 2 is 2.08 bits per heavy atom. The first-order chi connectivity index (χ1) is 11.3. The maximum absolute atomic E-state index is 11.8. The summed E-state index contributed by atoms with van der Waals surface area (Å²) >= 11 is 6.26. The molecule has 0 aliphatic carbocycles. The van der Waals surface area contributed by atoms with Crippen LogP contribution in [0.15, 0.2) is 12.1 Å². The molecule has 0 saturated carbocycles. The third kappa shape index (κ3) is 2.58. The maximum Gasteiger partial charge on any atom is 0.211 e. The molecule has 128 valence electrons. The summed E-state index contributed by atoms with van der Waals surface area (Å²) in [7, 11) is -3.19. The molecule has 2 aliphatic rings. The maximum atomic E-state index is 11.8. The number of aryl methyl sites for hydroxylation is 1. The number of rotatable bonds is 1. The summed E-state index contributed by atoms with van der Waals surface area (Å²) in [6, 6.07) is 3.81. The predicted octanol–water partition coefficient (Wildman–Crippen LogP) is 1.43. The zero-order chi connectivity index (χ0) is 17.1.